The lowest BCUT2D eigenvalue weighted by Gasteiger charge is -2.36. The van der Waals surface area contributed by atoms with Crippen molar-refractivity contribution < 1.29 is 9.53 Å². The van der Waals surface area contributed by atoms with Crippen molar-refractivity contribution >= 4 is 18.3 Å². The maximum absolute atomic E-state index is 12.4. The summed E-state index contributed by atoms with van der Waals surface area (Å²) in [6.45, 7) is 5.94. The first kappa shape index (κ1) is 17.0. The molecule has 1 aromatic rings. The highest BCUT2D eigenvalue weighted by Crippen LogP contribution is 2.16. The molecule has 0 spiro atoms. The molecule has 0 bridgehead atoms. The minimum atomic E-state index is 0. The normalized spacial score (nSPS) is 22.2. The molecule has 1 heterocycles. The topological polar surface area (TPSA) is 55.6 Å². The molecule has 1 fully saturated rings. The molecule has 2 unspecified atom stereocenters. The van der Waals surface area contributed by atoms with E-state index in [9.17, 15) is 4.79 Å². The van der Waals surface area contributed by atoms with Crippen LogP contribution in [0.5, 0.6) is 0 Å². The average Bonchev–Trinajstić information content (AvgIpc) is 2.46. The molecular formula is C15H23ClN2O2. The monoisotopic (exact) mass is 298 g/mol. The Kier molecular flexibility index (Phi) is 6.46. The largest absolute Gasteiger partial charge is 0.372 e. The summed E-state index contributed by atoms with van der Waals surface area (Å²) in [7, 11) is 0. The molecule has 2 atom stereocenters. The number of nitrogens with two attached hydrogens (primary N) is 1. The molecule has 0 aliphatic carbocycles. The molecule has 5 heteroatoms. The van der Waals surface area contributed by atoms with E-state index in [1.165, 1.54) is 0 Å². The zero-order chi connectivity index (χ0) is 13.8. The first-order valence-electron chi connectivity index (χ1n) is 6.87. The Morgan fingerprint density at radius 1 is 1.35 bits per heavy atom. The smallest absolute Gasteiger partial charge is 0.254 e. The molecule has 4 nitrogen and oxygen atoms in total. The standard InChI is InChI=1S/C15H22N2O2.ClH/c1-3-14-10-17(9-11(2)19-14)15(18)13-6-4-12(8-16)5-7-13;/h4-7,11,14H,3,8-10,16H2,1-2H3;1H. The predicted octanol–water partition coefficient (Wildman–Crippen LogP) is 2.21. The third kappa shape index (κ3) is 3.95. The summed E-state index contributed by atoms with van der Waals surface area (Å²) in [4.78, 5) is 14.3. The Labute approximate surface area is 126 Å². The van der Waals surface area contributed by atoms with Crippen LogP contribution in [0.1, 0.15) is 36.2 Å². The maximum Gasteiger partial charge on any atom is 0.254 e. The molecule has 20 heavy (non-hydrogen) atoms. The number of carbonyl (C=O) groups is 1. The summed E-state index contributed by atoms with van der Waals surface area (Å²) in [6, 6.07) is 7.53. The Balaban J connectivity index is 0.00000200. The number of ether oxygens (including phenoxy) is 1. The molecular weight excluding hydrogens is 276 g/mol. The number of benzene rings is 1. The maximum atomic E-state index is 12.4. The van der Waals surface area contributed by atoms with Crippen molar-refractivity contribution in [3.8, 4) is 0 Å². The van der Waals surface area contributed by atoms with Crippen LogP contribution in [-0.2, 0) is 11.3 Å². The number of nitrogens with zero attached hydrogens (tertiary/aromatic N) is 1. The van der Waals surface area contributed by atoms with Crippen LogP contribution in [0.2, 0.25) is 0 Å². The van der Waals surface area contributed by atoms with Gasteiger partial charge in [-0.15, -0.1) is 12.4 Å². The van der Waals surface area contributed by atoms with Gasteiger partial charge >= 0.3 is 0 Å². The highest BCUT2D eigenvalue weighted by atomic mass is 35.5. The van der Waals surface area contributed by atoms with Crippen LogP contribution in [0.3, 0.4) is 0 Å². The van der Waals surface area contributed by atoms with Crippen LogP contribution < -0.4 is 5.73 Å². The second-order valence-electron chi connectivity index (χ2n) is 5.09. The third-order valence-electron chi connectivity index (χ3n) is 3.51. The lowest BCUT2D eigenvalue weighted by Crippen LogP contribution is -2.48. The van der Waals surface area contributed by atoms with Gasteiger partial charge in [-0.1, -0.05) is 19.1 Å². The molecule has 1 saturated heterocycles. The van der Waals surface area contributed by atoms with Crippen molar-refractivity contribution in [1.82, 2.24) is 4.90 Å². The average molecular weight is 299 g/mol. The van der Waals surface area contributed by atoms with E-state index in [0.29, 0.717) is 19.6 Å². The van der Waals surface area contributed by atoms with Gasteiger partial charge in [0, 0.05) is 25.2 Å². The number of halogens is 1. The van der Waals surface area contributed by atoms with Gasteiger partial charge in [-0.25, -0.2) is 0 Å². The van der Waals surface area contributed by atoms with Crippen LogP contribution in [0.25, 0.3) is 0 Å². The number of hydrogen-bond donors (Lipinski definition) is 1. The van der Waals surface area contributed by atoms with E-state index in [-0.39, 0.29) is 30.5 Å². The van der Waals surface area contributed by atoms with Gasteiger partial charge in [0.05, 0.1) is 12.2 Å². The molecule has 0 aromatic heterocycles. The number of morpholine rings is 1. The molecule has 1 aliphatic rings. The Hall–Kier alpha value is -1.10. The number of rotatable bonds is 3. The molecule has 1 aromatic carbocycles. The van der Waals surface area contributed by atoms with Gasteiger partial charge < -0.3 is 15.4 Å². The minimum Gasteiger partial charge on any atom is -0.372 e. The van der Waals surface area contributed by atoms with Crippen LogP contribution in [0.4, 0.5) is 0 Å². The summed E-state index contributed by atoms with van der Waals surface area (Å²) in [6.07, 6.45) is 1.18. The molecule has 0 radical (unpaired) electrons. The second kappa shape index (κ2) is 7.62. The molecule has 112 valence electrons. The molecule has 2 N–H and O–H groups in total. The van der Waals surface area contributed by atoms with Crippen molar-refractivity contribution in [2.75, 3.05) is 13.1 Å². The van der Waals surface area contributed by atoms with E-state index in [1.807, 2.05) is 36.1 Å². The van der Waals surface area contributed by atoms with E-state index in [4.69, 9.17) is 10.5 Å². The Morgan fingerprint density at radius 3 is 2.55 bits per heavy atom. The Morgan fingerprint density at radius 2 is 2.00 bits per heavy atom. The first-order chi connectivity index (χ1) is 9.13. The summed E-state index contributed by atoms with van der Waals surface area (Å²) in [5.74, 6) is 0.0807. The fraction of sp³-hybridized carbons (Fsp3) is 0.533. The van der Waals surface area contributed by atoms with E-state index < -0.39 is 0 Å². The van der Waals surface area contributed by atoms with Gasteiger partial charge in [-0.2, -0.15) is 0 Å². The number of hydrogen-bond acceptors (Lipinski definition) is 3. The van der Waals surface area contributed by atoms with E-state index in [0.717, 1.165) is 17.5 Å². The first-order valence-corrected chi connectivity index (χ1v) is 6.87. The van der Waals surface area contributed by atoms with E-state index in [2.05, 4.69) is 6.92 Å². The van der Waals surface area contributed by atoms with Crippen molar-refractivity contribution in [2.24, 2.45) is 5.73 Å². The zero-order valence-corrected chi connectivity index (χ0v) is 12.9. The van der Waals surface area contributed by atoms with E-state index >= 15 is 0 Å². The van der Waals surface area contributed by atoms with Gasteiger partial charge in [0.2, 0.25) is 0 Å². The summed E-state index contributed by atoms with van der Waals surface area (Å²) in [5, 5.41) is 0. The lowest BCUT2D eigenvalue weighted by molar-refractivity contribution is -0.0681. The van der Waals surface area contributed by atoms with Crippen molar-refractivity contribution in [1.29, 1.82) is 0 Å². The number of carbonyl (C=O) groups excluding carboxylic acids is 1. The highest BCUT2D eigenvalue weighted by molar-refractivity contribution is 5.94. The summed E-state index contributed by atoms with van der Waals surface area (Å²) >= 11 is 0. The van der Waals surface area contributed by atoms with Gasteiger partial charge in [0.1, 0.15) is 0 Å². The van der Waals surface area contributed by atoms with Crippen LogP contribution in [-0.4, -0.2) is 36.1 Å². The Bertz CT molecular complexity index is 436. The van der Waals surface area contributed by atoms with Crippen molar-refractivity contribution in [3.05, 3.63) is 35.4 Å². The second-order valence-corrected chi connectivity index (χ2v) is 5.09. The summed E-state index contributed by atoms with van der Waals surface area (Å²) in [5.41, 5.74) is 7.32. The van der Waals surface area contributed by atoms with Crippen LogP contribution >= 0.6 is 12.4 Å². The highest BCUT2D eigenvalue weighted by Gasteiger charge is 2.27. The minimum absolute atomic E-state index is 0. The fourth-order valence-corrected chi connectivity index (χ4v) is 2.40. The predicted molar refractivity (Wildman–Crippen MR) is 82.1 cm³/mol. The quantitative estimate of drug-likeness (QED) is 0.931. The van der Waals surface area contributed by atoms with Gasteiger partial charge in [-0.05, 0) is 31.0 Å². The van der Waals surface area contributed by atoms with Crippen LogP contribution in [0, 0.1) is 0 Å². The molecule has 2 rings (SSSR count). The van der Waals surface area contributed by atoms with Crippen LogP contribution in [0.15, 0.2) is 24.3 Å². The van der Waals surface area contributed by atoms with Crippen molar-refractivity contribution in [2.45, 2.75) is 39.0 Å². The SMILES string of the molecule is CCC1CN(C(=O)c2ccc(CN)cc2)CC(C)O1.Cl. The van der Waals surface area contributed by atoms with Crippen molar-refractivity contribution in [3.63, 3.8) is 0 Å². The molecule has 0 saturated carbocycles. The molecule has 1 amide bonds. The van der Waals surface area contributed by atoms with Gasteiger partial charge in [0.25, 0.3) is 5.91 Å². The zero-order valence-electron chi connectivity index (χ0n) is 12.0. The molecule has 1 aliphatic heterocycles. The fourth-order valence-electron chi connectivity index (χ4n) is 2.40. The van der Waals surface area contributed by atoms with Gasteiger partial charge in [-0.3, -0.25) is 4.79 Å². The lowest BCUT2D eigenvalue weighted by atomic mass is 10.1. The number of amides is 1. The summed E-state index contributed by atoms with van der Waals surface area (Å²) < 4.78 is 5.78. The van der Waals surface area contributed by atoms with Gasteiger partial charge in [0.15, 0.2) is 0 Å². The third-order valence-corrected chi connectivity index (χ3v) is 3.51. The van der Waals surface area contributed by atoms with E-state index in [1.54, 1.807) is 0 Å².